The molecule has 94 valence electrons. The number of hydrogen-bond acceptors (Lipinski definition) is 5. The Kier molecular flexibility index (Phi) is 3.15. The number of benzene rings is 1. The Morgan fingerprint density at radius 1 is 1.00 bits per heavy atom. The molecular weight excluding hydrogens is 280 g/mol. The zero-order valence-corrected chi connectivity index (χ0v) is 11.3. The van der Waals surface area contributed by atoms with E-state index in [1.807, 2.05) is 42.5 Å². The minimum atomic E-state index is 0.435. The van der Waals surface area contributed by atoms with Gasteiger partial charge in [-0.2, -0.15) is 9.36 Å². The van der Waals surface area contributed by atoms with Crippen LogP contribution in [0.5, 0.6) is 0 Å². The average molecular weight is 289 g/mol. The molecule has 0 aliphatic heterocycles. The topological polar surface area (TPSA) is 64.7 Å². The highest BCUT2D eigenvalue weighted by atomic mass is 35.5. The Morgan fingerprint density at radius 3 is 2.53 bits per heavy atom. The molecule has 0 saturated heterocycles. The summed E-state index contributed by atoms with van der Waals surface area (Å²) >= 11 is 7.15. The van der Waals surface area contributed by atoms with Gasteiger partial charge in [-0.15, -0.1) is 0 Å². The van der Waals surface area contributed by atoms with Crippen LogP contribution < -0.4 is 5.73 Å². The highest BCUT2D eigenvalue weighted by Gasteiger charge is 2.08. The predicted molar refractivity (Wildman–Crippen MR) is 78.0 cm³/mol. The summed E-state index contributed by atoms with van der Waals surface area (Å²) in [5, 5.41) is 1.12. The molecule has 2 aromatic heterocycles. The van der Waals surface area contributed by atoms with Crippen LogP contribution in [-0.4, -0.2) is 14.3 Å². The third-order valence-electron chi connectivity index (χ3n) is 2.54. The fourth-order valence-corrected chi connectivity index (χ4v) is 2.34. The van der Waals surface area contributed by atoms with E-state index in [1.54, 1.807) is 0 Å². The summed E-state index contributed by atoms with van der Waals surface area (Å²) in [6, 6.07) is 13.2. The molecule has 3 rings (SSSR count). The number of halogens is 1. The van der Waals surface area contributed by atoms with Gasteiger partial charge in [0.05, 0.1) is 5.69 Å². The molecule has 19 heavy (non-hydrogen) atoms. The molecule has 1 aromatic carbocycles. The number of aromatic nitrogens is 3. The zero-order valence-electron chi connectivity index (χ0n) is 9.75. The van der Waals surface area contributed by atoms with E-state index in [4.69, 9.17) is 17.3 Å². The summed E-state index contributed by atoms with van der Waals surface area (Å²) in [6.07, 6.45) is 0. The van der Waals surface area contributed by atoms with Gasteiger partial charge in [0, 0.05) is 22.1 Å². The molecule has 0 fully saturated rings. The second-order valence-electron chi connectivity index (χ2n) is 3.87. The van der Waals surface area contributed by atoms with E-state index in [9.17, 15) is 0 Å². The van der Waals surface area contributed by atoms with Gasteiger partial charge in [0.15, 0.2) is 11.0 Å². The number of nitrogens with two attached hydrogens (primary N) is 1. The summed E-state index contributed by atoms with van der Waals surface area (Å²) in [6.45, 7) is 0. The molecule has 0 atom stereocenters. The van der Waals surface area contributed by atoms with Gasteiger partial charge in [-0.1, -0.05) is 29.8 Å². The van der Waals surface area contributed by atoms with Gasteiger partial charge >= 0.3 is 0 Å². The molecule has 2 N–H and O–H groups in total. The van der Waals surface area contributed by atoms with E-state index < -0.39 is 0 Å². The van der Waals surface area contributed by atoms with Crippen molar-refractivity contribution in [3.63, 3.8) is 0 Å². The first-order chi connectivity index (χ1) is 9.22. The van der Waals surface area contributed by atoms with Gasteiger partial charge in [0.25, 0.3) is 0 Å². The minimum Gasteiger partial charge on any atom is -0.374 e. The summed E-state index contributed by atoms with van der Waals surface area (Å²) < 4.78 is 4.16. The number of hydrogen-bond donors (Lipinski definition) is 1. The first-order valence-electron chi connectivity index (χ1n) is 5.55. The highest BCUT2D eigenvalue weighted by Crippen LogP contribution is 2.24. The van der Waals surface area contributed by atoms with Gasteiger partial charge < -0.3 is 5.73 Å². The van der Waals surface area contributed by atoms with Crippen molar-refractivity contribution >= 4 is 28.3 Å². The van der Waals surface area contributed by atoms with Gasteiger partial charge in [0.1, 0.15) is 5.69 Å². The maximum Gasteiger partial charge on any atom is 0.200 e. The van der Waals surface area contributed by atoms with Crippen LogP contribution in [-0.2, 0) is 0 Å². The summed E-state index contributed by atoms with van der Waals surface area (Å²) in [5.74, 6) is 0.548. The van der Waals surface area contributed by atoms with Crippen LogP contribution in [0.25, 0.3) is 22.8 Å². The minimum absolute atomic E-state index is 0.435. The molecule has 6 heteroatoms. The fourth-order valence-electron chi connectivity index (χ4n) is 1.71. The van der Waals surface area contributed by atoms with Crippen LogP contribution in [0.1, 0.15) is 0 Å². The number of anilines is 1. The van der Waals surface area contributed by atoms with Crippen LogP contribution in [0.4, 0.5) is 5.13 Å². The summed E-state index contributed by atoms with van der Waals surface area (Å²) in [4.78, 5) is 8.67. The van der Waals surface area contributed by atoms with Crippen molar-refractivity contribution in [1.82, 2.24) is 14.3 Å². The second kappa shape index (κ2) is 4.95. The molecule has 3 aromatic rings. The van der Waals surface area contributed by atoms with E-state index >= 15 is 0 Å². The number of pyridine rings is 1. The Bertz CT molecular complexity index is 726. The zero-order chi connectivity index (χ0) is 13.2. The van der Waals surface area contributed by atoms with Crippen molar-refractivity contribution in [2.24, 2.45) is 0 Å². The van der Waals surface area contributed by atoms with Crippen LogP contribution in [0, 0.1) is 0 Å². The van der Waals surface area contributed by atoms with Crippen molar-refractivity contribution in [2.75, 3.05) is 5.73 Å². The van der Waals surface area contributed by atoms with E-state index in [-0.39, 0.29) is 0 Å². The monoisotopic (exact) mass is 288 g/mol. The molecule has 4 nitrogen and oxygen atoms in total. The Morgan fingerprint density at radius 2 is 1.79 bits per heavy atom. The van der Waals surface area contributed by atoms with Crippen LogP contribution in [0.3, 0.4) is 0 Å². The van der Waals surface area contributed by atoms with Crippen molar-refractivity contribution < 1.29 is 0 Å². The van der Waals surface area contributed by atoms with Crippen LogP contribution in [0.2, 0.25) is 5.02 Å². The highest BCUT2D eigenvalue weighted by molar-refractivity contribution is 7.09. The first-order valence-corrected chi connectivity index (χ1v) is 6.70. The normalized spacial score (nSPS) is 10.6. The molecule has 0 aliphatic carbocycles. The van der Waals surface area contributed by atoms with Crippen molar-refractivity contribution in [1.29, 1.82) is 0 Å². The second-order valence-corrected chi connectivity index (χ2v) is 5.09. The lowest BCUT2D eigenvalue weighted by molar-refractivity contribution is 1.24. The molecule has 0 bridgehead atoms. The lowest BCUT2D eigenvalue weighted by Crippen LogP contribution is -1.90. The third-order valence-corrected chi connectivity index (χ3v) is 3.32. The van der Waals surface area contributed by atoms with Crippen molar-refractivity contribution in [3.05, 3.63) is 47.5 Å². The number of nitrogen functional groups attached to an aromatic ring is 1. The van der Waals surface area contributed by atoms with E-state index in [0.717, 1.165) is 22.8 Å². The average Bonchev–Trinajstić information content (AvgIpc) is 2.86. The lowest BCUT2D eigenvalue weighted by Gasteiger charge is -2.03. The van der Waals surface area contributed by atoms with E-state index in [1.165, 1.54) is 0 Å². The van der Waals surface area contributed by atoms with Gasteiger partial charge in [-0.25, -0.2) is 4.98 Å². The molecule has 0 radical (unpaired) electrons. The fraction of sp³-hybridized carbons (Fsp3) is 0. The Hall–Kier alpha value is -1.98. The number of rotatable bonds is 2. The third kappa shape index (κ3) is 2.57. The quantitative estimate of drug-likeness (QED) is 0.784. The van der Waals surface area contributed by atoms with Gasteiger partial charge in [0.2, 0.25) is 0 Å². The van der Waals surface area contributed by atoms with Gasteiger partial charge in [-0.3, -0.25) is 0 Å². The largest absolute Gasteiger partial charge is 0.374 e. The number of nitrogens with zero attached hydrogens (tertiary/aromatic N) is 3. The predicted octanol–water partition coefficient (Wildman–Crippen LogP) is 3.50. The van der Waals surface area contributed by atoms with Gasteiger partial charge in [-0.05, 0) is 24.3 Å². The van der Waals surface area contributed by atoms with Crippen LogP contribution in [0.15, 0.2) is 42.5 Å². The van der Waals surface area contributed by atoms with Crippen LogP contribution >= 0.6 is 23.1 Å². The molecule has 2 heterocycles. The SMILES string of the molecule is Nc1nc(-c2cccc(-c3cccc(Cl)c3)n2)ns1. The molecule has 0 amide bonds. The Labute approximate surface area is 119 Å². The van der Waals surface area contributed by atoms with E-state index in [0.29, 0.717) is 21.7 Å². The Balaban J connectivity index is 2.05. The smallest absolute Gasteiger partial charge is 0.200 e. The van der Waals surface area contributed by atoms with Crippen molar-refractivity contribution in [3.8, 4) is 22.8 Å². The lowest BCUT2D eigenvalue weighted by atomic mass is 10.1. The molecule has 0 unspecified atom stereocenters. The maximum absolute atomic E-state index is 5.99. The summed E-state index contributed by atoms with van der Waals surface area (Å²) in [5.41, 5.74) is 8.07. The maximum atomic E-state index is 5.99. The molecule has 0 spiro atoms. The first kappa shape index (κ1) is 12.1. The molecule has 0 aliphatic rings. The molecule has 0 saturated carbocycles. The van der Waals surface area contributed by atoms with E-state index in [2.05, 4.69) is 14.3 Å². The summed E-state index contributed by atoms with van der Waals surface area (Å²) in [7, 11) is 0. The molecular formula is C13H9ClN4S. The standard InChI is InChI=1S/C13H9ClN4S/c14-9-4-1-3-8(7-9)10-5-2-6-11(16-10)12-17-13(15)19-18-12/h1-7H,(H2,15,17,18). The van der Waals surface area contributed by atoms with Crippen molar-refractivity contribution in [2.45, 2.75) is 0 Å².